The number of hydrogen-bond acceptors (Lipinski definition) is 3. The number of aryl methyl sites for hydroxylation is 2. The summed E-state index contributed by atoms with van der Waals surface area (Å²) in [5.41, 5.74) is 2.17. The van der Waals surface area contributed by atoms with Crippen LogP contribution in [-0.2, 0) is 6.42 Å². The molecule has 1 aromatic heterocycles. The number of hydrogen-bond donors (Lipinski definition) is 2. The van der Waals surface area contributed by atoms with E-state index in [2.05, 4.69) is 27.7 Å². The van der Waals surface area contributed by atoms with Crippen molar-refractivity contribution in [2.45, 2.75) is 39.7 Å². The number of nitrogens with one attached hydrogen (secondary N) is 2. The molecule has 2 rings (SSSR count). The van der Waals surface area contributed by atoms with Crippen molar-refractivity contribution in [1.29, 1.82) is 0 Å². The summed E-state index contributed by atoms with van der Waals surface area (Å²) in [6.07, 6.45) is 2.15. The molecule has 1 aliphatic carbocycles. The molecular formula is C13H22N4O. The highest BCUT2D eigenvalue weighted by Crippen LogP contribution is 2.28. The van der Waals surface area contributed by atoms with Crippen molar-refractivity contribution in [3.63, 3.8) is 0 Å². The predicted molar refractivity (Wildman–Crippen MR) is 71.7 cm³/mol. The quantitative estimate of drug-likeness (QED) is 0.626. The van der Waals surface area contributed by atoms with Crippen molar-refractivity contribution in [2.24, 2.45) is 10.9 Å². The van der Waals surface area contributed by atoms with Crippen molar-refractivity contribution in [1.82, 2.24) is 15.8 Å². The van der Waals surface area contributed by atoms with E-state index in [0.717, 1.165) is 36.3 Å². The van der Waals surface area contributed by atoms with Crippen molar-refractivity contribution in [3.8, 4) is 0 Å². The summed E-state index contributed by atoms with van der Waals surface area (Å²) in [4.78, 5) is 4.22. The molecule has 0 saturated heterocycles. The zero-order valence-electron chi connectivity index (χ0n) is 11.6. The lowest BCUT2D eigenvalue weighted by molar-refractivity contribution is 0.392. The van der Waals surface area contributed by atoms with E-state index in [4.69, 9.17) is 4.52 Å². The van der Waals surface area contributed by atoms with Gasteiger partial charge in [-0.1, -0.05) is 12.1 Å². The highest BCUT2D eigenvalue weighted by molar-refractivity contribution is 5.80. The Bertz CT molecular complexity index is 419. The fourth-order valence-electron chi connectivity index (χ4n) is 2.06. The highest BCUT2D eigenvalue weighted by Gasteiger charge is 2.33. The van der Waals surface area contributed by atoms with E-state index in [1.807, 2.05) is 13.8 Å². The molecule has 18 heavy (non-hydrogen) atoms. The molecule has 1 fully saturated rings. The molecule has 0 spiro atoms. The van der Waals surface area contributed by atoms with Crippen LogP contribution in [0.25, 0.3) is 0 Å². The van der Waals surface area contributed by atoms with Gasteiger partial charge in [-0.25, -0.2) is 0 Å². The van der Waals surface area contributed by atoms with Gasteiger partial charge in [-0.2, -0.15) is 0 Å². The molecule has 1 aliphatic rings. The fourth-order valence-corrected chi connectivity index (χ4v) is 2.06. The highest BCUT2D eigenvalue weighted by atomic mass is 16.5. The van der Waals surface area contributed by atoms with Crippen LogP contribution in [0.1, 0.15) is 30.4 Å². The Morgan fingerprint density at radius 1 is 1.50 bits per heavy atom. The Hall–Kier alpha value is -1.52. The van der Waals surface area contributed by atoms with Crippen LogP contribution in [0.3, 0.4) is 0 Å². The lowest BCUT2D eigenvalue weighted by atomic mass is 10.1. The summed E-state index contributed by atoms with van der Waals surface area (Å²) in [5.74, 6) is 2.57. The number of rotatable bonds is 4. The van der Waals surface area contributed by atoms with Gasteiger partial charge in [0.1, 0.15) is 5.76 Å². The first-order chi connectivity index (χ1) is 8.61. The van der Waals surface area contributed by atoms with Crippen molar-refractivity contribution in [2.75, 3.05) is 13.6 Å². The molecule has 1 saturated carbocycles. The maximum Gasteiger partial charge on any atom is 0.191 e. The maximum atomic E-state index is 5.14. The Balaban J connectivity index is 1.77. The third-order valence-corrected chi connectivity index (χ3v) is 3.50. The lowest BCUT2D eigenvalue weighted by Gasteiger charge is -2.11. The second-order valence-electron chi connectivity index (χ2n) is 5.02. The molecule has 1 aromatic rings. The van der Waals surface area contributed by atoms with Crippen LogP contribution in [0, 0.1) is 19.8 Å². The minimum absolute atomic E-state index is 0.593. The molecule has 2 atom stereocenters. The Kier molecular flexibility index (Phi) is 3.89. The second kappa shape index (κ2) is 5.42. The normalized spacial score (nSPS) is 23.0. The first-order valence-corrected chi connectivity index (χ1v) is 6.50. The van der Waals surface area contributed by atoms with Gasteiger partial charge in [0.25, 0.3) is 0 Å². The van der Waals surface area contributed by atoms with Gasteiger partial charge in [0.15, 0.2) is 5.96 Å². The number of aromatic nitrogens is 1. The molecule has 0 aliphatic heterocycles. The van der Waals surface area contributed by atoms with Crippen molar-refractivity contribution in [3.05, 3.63) is 17.0 Å². The SMILES string of the molecule is CN=C(NCCc1c(C)noc1C)NC1CC1C. The third kappa shape index (κ3) is 3.03. The zero-order chi connectivity index (χ0) is 13.1. The summed E-state index contributed by atoms with van der Waals surface area (Å²) in [6.45, 7) is 7.01. The minimum atomic E-state index is 0.593. The van der Waals surface area contributed by atoms with Crippen molar-refractivity contribution >= 4 is 5.96 Å². The summed E-state index contributed by atoms with van der Waals surface area (Å²) in [7, 11) is 1.80. The van der Waals surface area contributed by atoms with Crippen LogP contribution in [0.2, 0.25) is 0 Å². The first kappa shape index (κ1) is 12.9. The van der Waals surface area contributed by atoms with Crippen LogP contribution < -0.4 is 10.6 Å². The van der Waals surface area contributed by atoms with E-state index in [0.29, 0.717) is 6.04 Å². The largest absolute Gasteiger partial charge is 0.361 e. The van der Waals surface area contributed by atoms with Gasteiger partial charge in [0, 0.05) is 25.2 Å². The number of aliphatic imine (C=N–C) groups is 1. The average molecular weight is 250 g/mol. The van der Waals surface area contributed by atoms with Crippen LogP contribution in [0.4, 0.5) is 0 Å². The predicted octanol–water partition coefficient (Wildman–Crippen LogP) is 1.41. The van der Waals surface area contributed by atoms with E-state index in [9.17, 15) is 0 Å². The van der Waals surface area contributed by atoms with Crippen LogP contribution >= 0.6 is 0 Å². The van der Waals surface area contributed by atoms with Crippen molar-refractivity contribution < 1.29 is 4.52 Å². The maximum absolute atomic E-state index is 5.14. The molecule has 2 N–H and O–H groups in total. The lowest BCUT2D eigenvalue weighted by Crippen LogP contribution is -2.40. The van der Waals surface area contributed by atoms with Gasteiger partial charge < -0.3 is 15.2 Å². The molecule has 5 nitrogen and oxygen atoms in total. The van der Waals surface area contributed by atoms with Gasteiger partial charge in [-0.15, -0.1) is 0 Å². The molecule has 0 amide bonds. The first-order valence-electron chi connectivity index (χ1n) is 6.50. The van der Waals surface area contributed by atoms with E-state index in [-0.39, 0.29) is 0 Å². The van der Waals surface area contributed by atoms with Crippen LogP contribution in [0.15, 0.2) is 9.52 Å². The molecule has 5 heteroatoms. The van der Waals surface area contributed by atoms with Gasteiger partial charge in [0.05, 0.1) is 5.69 Å². The zero-order valence-corrected chi connectivity index (χ0v) is 11.6. The fraction of sp³-hybridized carbons (Fsp3) is 0.692. The second-order valence-corrected chi connectivity index (χ2v) is 5.02. The van der Waals surface area contributed by atoms with E-state index >= 15 is 0 Å². The topological polar surface area (TPSA) is 62.5 Å². The number of nitrogens with zero attached hydrogens (tertiary/aromatic N) is 2. The summed E-state index contributed by atoms with van der Waals surface area (Å²) in [5, 5.41) is 10.7. The number of guanidine groups is 1. The molecule has 2 unspecified atom stereocenters. The molecule has 1 heterocycles. The van der Waals surface area contributed by atoms with E-state index < -0.39 is 0 Å². The van der Waals surface area contributed by atoms with Gasteiger partial charge >= 0.3 is 0 Å². The molecule has 0 aromatic carbocycles. The molecule has 0 bridgehead atoms. The van der Waals surface area contributed by atoms with E-state index in [1.165, 1.54) is 12.0 Å². The van der Waals surface area contributed by atoms with E-state index in [1.54, 1.807) is 7.05 Å². The Morgan fingerprint density at radius 3 is 2.72 bits per heavy atom. The third-order valence-electron chi connectivity index (χ3n) is 3.50. The standard InChI is InChI=1S/C13H22N4O/c1-8-7-12(8)16-13(14-4)15-6-5-11-9(2)17-18-10(11)3/h8,12H,5-7H2,1-4H3,(H2,14,15,16). The van der Waals surface area contributed by atoms with Crippen LogP contribution in [0.5, 0.6) is 0 Å². The summed E-state index contributed by atoms with van der Waals surface area (Å²) < 4.78 is 5.14. The minimum Gasteiger partial charge on any atom is -0.361 e. The molecule has 0 radical (unpaired) electrons. The summed E-state index contributed by atoms with van der Waals surface area (Å²) >= 11 is 0. The molecular weight excluding hydrogens is 228 g/mol. The Labute approximate surface area is 108 Å². The monoisotopic (exact) mass is 250 g/mol. The van der Waals surface area contributed by atoms with Crippen LogP contribution in [-0.4, -0.2) is 30.8 Å². The summed E-state index contributed by atoms with van der Waals surface area (Å²) in [6, 6.07) is 0.593. The average Bonchev–Trinajstić information content (AvgIpc) is 2.95. The Morgan fingerprint density at radius 2 is 2.22 bits per heavy atom. The van der Waals surface area contributed by atoms with Gasteiger partial charge in [-0.3, -0.25) is 4.99 Å². The van der Waals surface area contributed by atoms with Gasteiger partial charge in [0.2, 0.25) is 0 Å². The van der Waals surface area contributed by atoms with Gasteiger partial charge in [-0.05, 0) is 32.6 Å². The smallest absolute Gasteiger partial charge is 0.191 e. The molecule has 100 valence electrons.